The summed E-state index contributed by atoms with van der Waals surface area (Å²) in [5.74, 6) is 0.102. The van der Waals surface area contributed by atoms with Crippen molar-refractivity contribution in [2.24, 2.45) is 0 Å². The van der Waals surface area contributed by atoms with Gasteiger partial charge in [-0.15, -0.1) is 0 Å². The average Bonchev–Trinajstić information content (AvgIpc) is 2.36. The Labute approximate surface area is 85.3 Å². The monoisotopic (exact) mass is 261 g/mol. The lowest BCUT2D eigenvalue weighted by atomic mass is 10.1. The maximum absolute atomic E-state index is 11.2. The summed E-state index contributed by atoms with van der Waals surface area (Å²) in [5.41, 5.74) is 2.64. The first kappa shape index (κ1) is 9.02. The van der Waals surface area contributed by atoms with E-state index in [0.717, 1.165) is 22.1 Å². The third kappa shape index (κ3) is 1.71. The highest BCUT2D eigenvalue weighted by atomic mass is 79.9. The fraction of sp³-hybridized carbons (Fsp3) is 0.250. The first-order chi connectivity index (χ1) is 6.11. The van der Waals surface area contributed by atoms with Gasteiger partial charge in [-0.05, 0) is 17.2 Å². The van der Waals surface area contributed by atoms with Gasteiger partial charge in [-0.25, -0.2) is 8.42 Å². The molecule has 13 heavy (non-hydrogen) atoms. The molecule has 0 saturated carbocycles. The van der Waals surface area contributed by atoms with Gasteiger partial charge < -0.3 is 0 Å². The highest BCUT2D eigenvalue weighted by Gasteiger charge is 2.22. The largest absolute Gasteiger partial charge is 0.283 e. The molecule has 0 spiro atoms. The van der Waals surface area contributed by atoms with Crippen molar-refractivity contribution in [1.29, 1.82) is 0 Å². The van der Waals surface area contributed by atoms with E-state index in [1.165, 1.54) is 0 Å². The molecule has 0 unspecified atom stereocenters. The molecule has 0 aromatic heterocycles. The van der Waals surface area contributed by atoms with E-state index in [1.54, 1.807) is 0 Å². The van der Waals surface area contributed by atoms with Crippen LogP contribution in [0, 0.1) is 0 Å². The van der Waals surface area contributed by atoms with Crippen LogP contribution in [0.5, 0.6) is 0 Å². The Morgan fingerprint density at radius 1 is 1.46 bits per heavy atom. The van der Waals surface area contributed by atoms with Crippen molar-refractivity contribution >= 4 is 31.6 Å². The van der Waals surface area contributed by atoms with E-state index < -0.39 is 10.0 Å². The second-order valence-corrected chi connectivity index (χ2v) is 5.27. The molecule has 1 aliphatic heterocycles. The quantitative estimate of drug-likeness (QED) is 0.785. The molecule has 0 aliphatic carbocycles. The van der Waals surface area contributed by atoms with E-state index in [9.17, 15) is 8.42 Å². The zero-order valence-corrected chi connectivity index (χ0v) is 9.15. The van der Waals surface area contributed by atoms with Gasteiger partial charge in [0.15, 0.2) is 0 Å². The van der Waals surface area contributed by atoms with Crippen LogP contribution in [0.25, 0.3) is 0 Å². The molecule has 2 rings (SSSR count). The van der Waals surface area contributed by atoms with Crippen LogP contribution < -0.4 is 4.72 Å². The third-order valence-corrected chi connectivity index (χ3v) is 3.81. The Morgan fingerprint density at radius 3 is 2.92 bits per heavy atom. The second-order valence-electron chi connectivity index (χ2n) is 2.99. The first-order valence-corrected chi connectivity index (χ1v) is 6.56. The Kier molecular flexibility index (Phi) is 2.08. The van der Waals surface area contributed by atoms with Crippen LogP contribution in [0.2, 0.25) is 0 Å². The predicted octanol–water partition coefficient (Wildman–Crippen LogP) is 1.84. The van der Waals surface area contributed by atoms with Crippen molar-refractivity contribution < 1.29 is 8.42 Å². The molecule has 0 fully saturated rings. The van der Waals surface area contributed by atoms with Crippen molar-refractivity contribution in [2.75, 3.05) is 4.72 Å². The van der Waals surface area contributed by atoms with E-state index in [2.05, 4.69) is 20.7 Å². The van der Waals surface area contributed by atoms with Gasteiger partial charge in [0.2, 0.25) is 10.0 Å². The van der Waals surface area contributed by atoms with Gasteiger partial charge in [0, 0.05) is 5.33 Å². The molecule has 1 aromatic rings. The summed E-state index contributed by atoms with van der Waals surface area (Å²) in [6.45, 7) is 0. The van der Waals surface area contributed by atoms with Gasteiger partial charge in [-0.1, -0.05) is 28.1 Å². The molecule has 0 amide bonds. The molecule has 70 valence electrons. The summed E-state index contributed by atoms with van der Waals surface area (Å²) in [6.07, 6.45) is 0. The molecule has 3 nitrogen and oxygen atoms in total. The maximum Gasteiger partial charge on any atom is 0.237 e. The van der Waals surface area contributed by atoms with Gasteiger partial charge in [-0.3, -0.25) is 4.72 Å². The molecule has 0 bridgehead atoms. The molecule has 0 radical (unpaired) electrons. The second kappa shape index (κ2) is 2.99. The smallest absolute Gasteiger partial charge is 0.237 e. The molecule has 0 saturated heterocycles. The number of benzene rings is 1. The van der Waals surface area contributed by atoms with Crippen LogP contribution in [-0.4, -0.2) is 8.42 Å². The van der Waals surface area contributed by atoms with Crippen LogP contribution in [-0.2, 0) is 21.1 Å². The number of rotatable bonds is 1. The number of nitrogens with one attached hydrogen (secondary N) is 1. The zero-order chi connectivity index (χ0) is 9.47. The lowest BCUT2D eigenvalue weighted by molar-refractivity contribution is 0.602. The number of alkyl halides is 1. The van der Waals surface area contributed by atoms with Crippen molar-refractivity contribution in [3.8, 4) is 0 Å². The van der Waals surface area contributed by atoms with E-state index in [0.29, 0.717) is 0 Å². The molecular weight excluding hydrogens is 254 g/mol. The van der Waals surface area contributed by atoms with Crippen molar-refractivity contribution in [1.82, 2.24) is 0 Å². The summed E-state index contributed by atoms with van der Waals surface area (Å²) in [4.78, 5) is 0. The highest BCUT2D eigenvalue weighted by Crippen LogP contribution is 2.28. The van der Waals surface area contributed by atoms with Crippen LogP contribution in [0.3, 0.4) is 0 Å². The summed E-state index contributed by atoms with van der Waals surface area (Å²) in [6, 6.07) is 5.63. The molecule has 1 aliphatic rings. The number of hydrogen-bond acceptors (Lipinski definition) is 2. The molecule has 0 atom stereocenters. The fourth-order valence-corrected chi connectivity index (χ4v) is 2.94. The minimum Gasteiger partial charge on any atom is -0.283 e. The predicted molar refractivity (Wildman–Crippen MR) is 55.3 cm³/mol. The molecular formula is C8H8BrNO2S. The highest BCUT2D eigenvalue weighted by molar-refractivity contribution is 9.08. The fourth-order valence-electron chi connectivity index (χ4n) is 1.34. The van der Waals surface area contributed by atoms with Crippen LogP contribution in [0.1, 0.15) is 11.1 Å². The number of fused-ring (bicyclic) bond motifs is 1. The Morgan fingerprint density at radius 2 is 2.23 bits per heavy atom. The van der Waals surface area contributed by atoms with Crippen LogP contribution in [0.15, 0.2) is 18.2 Å². The molecule has 5 heteroatoms. The molecule has 1 aromatic carbocycles. The SMILES string of the molecule is O=S1(=O)Cc2ccc(CBr)cc2N1. The first-order valence-electron chi connectivity index (χ1n) is 3.79. The standard InChI is InChI=1S/C8H8BrNO2S/c9-4-6-1-2-7-5-13(11,12)10-8(7)3-6/h1-3,10H,4-5H2. The average molecular weight is 262 g/mol. The summed E-state index contributed by atoms with van der Waals surface area (Å²) < 4.78 is 24.8. The number of halogens is 1. The minimum absolute atomic E-state index is 0.102. The number of hydrogen-bond donors (Lipinski definition) is 1. The molecule has 1 N–H and O–H groups in total. The van der Waals surface area contributed by atoms with Gasteiger partial charge in [0.25, 0.3) is 0 Å². The Bertz CT molecular complexity index is 441. The van der Waals surface area contributed by atoms with Gasteiger partial charge in [0.1, 0.15) is 0 Å². The number of sulfonamides is 1. The van der Waals surface area contributed by atoms with Gasteiger partial charge >= 0.3 is 0 Å². The van der Waals surface area contributed by atoms with Gasteiger partial charge in [0.05, 0.1) is 11.4 Å². The van der Waals surface area contributed by atoms with Crippen molar-refractivity contribution in [2.45, 2.75) is 11.1 Å². The molecule has 1 heterocycles. The van der Waals surface area contributed by atoms with Gasteiger partial charge in [-0.2, -0.15) is 0 Å². The maximum atomic E-state index is 11.2. The summed E-state index contributed by atoms with van der Waals surface area (Å²) >= 11 is 3.32. The van der Waals surface area contributed by atoms with E-state index >= 15 is 0 Å². The van der Waals surface area contributed by atoms with Crippen LogP contribution >= 0.6 is 15.9 Å². The summed E-state index contributed by atoms with van der Waals surface area (Å²) in [5, 5.41) is 0.738. The zero-order valence-electron chi connectivity index (χ0n) is 6.75. The lowest BCUT2D eigenvalue weighted by Crippen LogP contribution is -2.05. The van der Waals surface area contributed by atoms with E-state index in [4.69, 9.17) is 0 Å². The summed E-state index contributed by atoms with van der Waals surface area (Å²) in [7, 11) is -3.10. The number of anilines is 1. The van der Waals surface area contributed by atoms with Crippen LogP contribution in [0.4, 0.5) is 5.69 Å². The van der Waals surface area contributed by atoms with E-state index in [1.807, 2.05) is 18.2 Å². The van der Waals surface area contributed by atoms with Crippen molar-refractivity contribution in [3.63, 3.8) is 0 Å². The Balaban J connectivity index is 2.47. The normalized spacial score (nSPS) is 17.9. The lowest BCUT2D eigenvalue weighted by Gasteiger charge is -1.99. The minimum atomic E-state index is -3.10. The Hall–Kier alpha value is -0.550. The topological polar surface area (TPSA) is 46.2 Å². The van der Waals surface area contributed by atoms with Crippen molar-refractivity contribution in [3.05, 3.63) is 29.3 Å². The van der Waals surface area contributed by atoms with E-state index in [-0.39, 0.29) is 5.75 Å². The third-order valence-electron chi connectivity index (χ3n) is 1.94.